The Morgan fingerprint density at radius 2 is 2.33 bits per heavy atom. The third-order valence-corrected chi connectivity index (χ3v) is 3.36. The first-order chi connectivity index (χ1) is 7.17. The molecule has 1 heterocycles. The van der Waals surface area contributed by atoms with Crippen LogP contribution in [-0.4, -0.2) is 19.5 Å². The third kappa shape index (κ3) is 3.81. The van der Waals surface area contributed by atoms with E-state index in [1.165, 1.54) is 11.3 Å². The van der Waals surface area contributed by atoms with Crippen LogP contribution in [-0.2, 0) is 4.79 Å². The molecule has 0 aliphatic carbocycles. The molecule has 0 spiro atoms. The predicted molar refractivity (Wildman–Crippen MR) is 64.4 cm³/mol. The summed E-state index contributed by atoms with van der Waals surface area (Å²) in [6.07, 6.45) is 0.867. The van der Waals surface area contributed by atoms with Gasteiger partial charge >= 0.3 is 0 Å². The lowest BCUT2D eigenvalue weighted by Crippen LogP contribution is -2.34. The minimum Gasteiger partial charge on any atom is -0.347 e. The van der Waals surface area contributed by atoms with E-state index in [0.29, 0.717) is 6.54 Å². The quantitative estimate of drug-likeness (QED) is 0.836. The van der Waals surface area contributed by atoms with Crippen LogP contribution in [0.4, 0.5) is 0 Å². The molecule has 0 fully saturated rings. The van der Waals surface area contributed by atoms with Crippen molar-refractivity contribution < 1.29 is 4.79 Å². The van der Waals surface area contributed by atoms with E-state index in [-0.39, 0.29) is 11.9 Å². The smallest absolute Gasteiger partial charge is 0.234 e. The van der Waals surface area contributed by atoms with Gasteiger partial charge in [-0.3, -0.25) is 4.79 Å². The Morgan fingerprint density at radius 1 is 1.60 bits per heavy atom. The predicted octanol–water partition coefficient (Wildman–Crippen LogP) is 2.19. The van der Waals surface area contributed by atoms with Gasteiger partial charge in [-0.1, -0.05) is 18.5 Å². The molecule has 2 N–H and O–H groups in total. The summed E-state index contributed by atoms with van der Waals surface area (Å²) in [5.74, 6) is 0.00822. The summed E-state index contributed by atoms with van der Waals surface area (Å²) in [6.45, 7) is 2.38. The molecule has 0 saturated carbocycles. The first-order valence-electron chi connectivity index (χ1n) is 4.86. The van der Waals surface area contributed by atoms with Gasteiger partial charge in [0, 0.05) is 4.88 Å². The molecule has 1 rings (SSSR count). The van der Waals surface area contributed by atoms with Gasteiger partial charge in [-0.05, 0) is 25.6 Å². The molecule has 0 aliphatic heterocycles. The standard InChI is InChI=1S/C10H15ClN2OS/c1-3-7(13-10(14)6-12-2)8-4-5-9(11)15-8/h4-5,7,12H,3,6H2,1-2H3,(H,13,14). The average Bonchev–Trinajstić information content (AvgIpc) is 2.61. The highest BCUT2D eigenvalue weighted by molar-refractivity contribution is 7.16. The van der Waals surface area contributed by atoms with Crippen LogP contribution in [0.2, 0.25) is 4.34 Å². The molecule has 3 nitrogen and oxygen atoms in total. The second-order valence-corrected chi connectivity index (χ2v) is 4.95. The monoisotopic (exact) mass is 246 g/mol. The second kappa shape index (κ2) is 6.10. The van der Waals surface area contributed by atoms with Crippen molar-refractivity contribution in [1.29, 1.82) is 0 Å². The number of hydrogen-bond donors (Lipinski definition) is 2. The lowest BCUT2D eigenvalue weighted by molar-refractivity contribution is -0.120. The van der Waals surface area contributed by atoms with Crippen molar-refractivity contribution in [1.82, 2.24) is 10.6 Å². The van der Waals surface area contributed by atoms with E-state index in [1.54, 1.807) is 7.05 Å². The van der Waals surface area contributed by atoms with Gasteiger partial charge in [0.15, 0.2) is 0 Å². The first-order valence-corrected chi connectivity index (χ1v) is 6.06. The molecule has 0 aromatic carbocycles. The number of carbonyl (C=O) groups excluding carboxylic acids is 1. The zero-order valence-electron chi connectivity index (χ0n) is 8.84. The molecule has 5 heteroatoms. The Labute approximate surface area is 98.8 Å². The van der Waals surface area contributed by atoms with Gasteiger partial charge in [0.2, 0.25) is 5.91 Å². The number of rotatable bonds is 5. The molecule has 1 aromatic heterocycles. The number of nitrogens with one attached hydrogen (secondary N) is 2. The Bertz CT molecular complexity index is 327. The third-order valence-electron chi connectivity index (χ3n) is 2.02. The van der Waals surface area contributed by atoms with E-state index in [9.17, 15) is 4.79 Å². The van der Waals surface area contributed by atoms with Gasteiger partial charge < -0.3 is 10.6 Å². The molecule has 0 radical (unpaired) electrons. The van der Waals surface area contributed by atoms with Crippen molar-refractivity contribution in [3.8, 4) is 0 Å². The van der Waals surface area contributed by atoms with Gasteiger partial charge in [0.05, 0.1) is 16.9 Å². The number of carbonyl (C=O) groups is 1. The molecule has 15 heavy (non-hydrogen) atoms. The van der Waals surface area contributed by atoms with Gasteiger partial charge in [-0.2, -0.15) is 0 Å². The van der Waals surface area contributed by atoms with E-state index in [1.807, 2.05) is 19.1 Å². The van der Waals surface area contributed by atoms with Crippen molar-refractivity contribution in [2.75, 3.05) is 13.6 Å². The summed E-state index contributed by atoms with van der Waals surface area (Å²) in [5, 5.41) is 5.77. The SMILES string of the molecule is CCC(NC(=O)CNC)c1ccc(Cl)s1. The van der Waals surface area contributed by atoms with Crippen LogP contribution in [0.15, 0.2) is 12.1 Å². The zero-order valence-corrected chi connectivity index (χ0v) is 10.4. The zero-order chi connectivity index (χ0) is 11.3. The number of thiophene rings is 1. The molecular formula is C10H15ClN2OS. The fraction of sp³-hybridized carbons (Fsp3) is 0.500. The summed E-state index contributed by atoms with van der Waals surface area (Å²) < 4.78 is 0.756. The molecule has 1 atom stereocenters. The molecule has 1 aromatic rings. The highest BCUT2D eigenvalue weighted by Gasteiger charge is 2.13. The number of halogens is 1. The van der Waals surface area contributed by atoms with Crippen LogP contribution in [0.1, 0.15) is 24.3 Å². The van der Waals surface area contributed by atoms with E-state index < -0.39 is 0 Å². The van der Waals surface area contributed by atoms with Crippen LogP contribution in [0.3, 0.4) is 0 Å². The van der Waals surface area contributed by atoms with Crippen LogP contribution in [0, 0.1) is 0 Å². The lowest BCUT2D eigenvalue weighted by Gasteiger charge is -2.15. The van der Waals surface area contributed by atoms with E-state index in [2.05, 4.69) is 10.6 Å². The number of likely N-dealkylation sites (N-methyl/N-ethyl adjacent to an activating group) is 1. The largest absolute Gasteiger partial charge is 0.347 e. The van der Waals surface area contributed by atoms with E-state index in [4.69, 9.17) is 11.6 Å². The molecular weight excluding hydrogens is 232 g/mol. The molecule has 0 bridgehead atoms. The molecule has 1 amide bonds. The number of hydrogen-bond acceptors (Lipinski definition) is 3. The summed E-state index contributed by atoms with van der Waals surface area (Å²) in [7, 11) is 1.75. The molecule has 1 unspecified atom stereocenters. The van der Waals surface area contributed by atoms with Crippen molar-refractivity contribution in [2.45, 2.75) is 19.4 Å². The fourth-order valence-corrected chi connectivity index (χ4v) is 2.49. The maximum absolute atomic E-state index is 11.4. The van der Waals surface area contributed by atoms with E-state index >= 15 is 0 Å². The summed E-state index contributed by atoms with van der Waals surface area (Å²) in [4.78, 5) is 12.5. The topological polar surface area (TPSA) is 41.1 Å². The van der Waals surface area contributed by atoms with Gasteiger partial charge in [-0.25, -0.2) is 0 Å². The average molecular weight is 247 g/mol. The maximum atomic E-state index is 11.4. The Kier molecular flexibility index (Phi) is 5.08. The van der Waals surface area contributed by atoms with Crippen LogP contribution >= 0.6 is 22.9 Å². The normalized spacial score (nSPS) is 12.5. The van der Waals surface area contributed by atoms with Crippen LogP contribution < -0.4 is 10.6 Å². The van der Waals surface area contributed by atoms with Crippen molar-refractivity contribution in [3.05, 3.63) is 21.3 Å². The van der Waals surface area contributed by atoms with Gasteiger partial charge in [0.25, 0.3) is 0 Å². The highest BCUT2D eigenvalue weighted by atomic mass is 35.5. The molecule has 0 aliphatic rings. The number of amides is 1. The maximum Gasteiger partial charge on any atom is 0.234 e. The van der Waals surface area contributed by atoms with Gasteiger partial charge in [-0.15, -0.1) is 11.3 Å². The Morgan fingerprint density at radius 3 is 2.80 bits per heavy atom. The summed E-state index contributed by atoms with van der Waals surface area (Å²) >= 11 is 7.36. The fourth-order valence-electron chi connectivity index (χ4n) is 1.30. The van der Waals surface area contributed by atoms with Crippen molar-refractivity contribution in [2.24, 2.45) is 0 Å². The van der Waals surface area contributed by atoms with E-state index in [0.717, 1.165) is 15.6 Å². The first kappa shape index (κ1) is 12.5. The summed E-state index contributed by atoms with van der Waals surface area (Å²) in [5.41, 5.74) is 0. The van der Waals surface area contributed by atoms with Crippen molar-refractivity contribution >= 4 is 28.8 Å². The summed E-state index contributed by atoms with van der Waals surface area (Å²) in [6, 6.07) is 3.89. The molecule has 84 valence electrons. The van der Waals surface area contributed by atoms with Crippen LogP contribution in [0.5, 0.6) is 0 Å². The van der Waals surface area contributed by atoms with Crippen LogP contribution in [0.25, 0.3) is 0 Å². The Hall–Kier alpha value is -0.580. The lowest BCUT2D eigenvalue weighted by atomic mass is 10.2. The second-order valence-electron chi connectivity index (χ2n) is 3.20. The highest BCUT2D eigenvalue weighted by Crippen LogP contribution is 2.28. The minimum absolute atomic E-state index is 0.00822. The van der Waals surface area contributed by atoms with Gasteiger partial charge in [0.1, 0.15) is 0 Å². The molecule has 0 saturated heterocycles. The van der Waals surface area contributed by atoms with Crippen molar-refractivity contribution in [3.63, 3.8) is 0 Å². The minimum atomic E-state index is 0.00822. The Balaban J connectivity index is 2.60.